The van der Waals surface area contributed by atoms with Crippen LogP contribution in [0, 0.1) is 6.92 Å². The summed E-state index contributed by atoms with van der Waals surface area (Å²) >= 11 is 3.17. The zero-order chi connectivity index (χ0) is 26.9. The predicted octanol–water partition coefficient (Wildman–Crippen LogP) is 5.48. The van der Waals surface area contributed by atoms with Crippen molar-refractivity contribution in [3.05, 3.63) is 106 Å². The number of imide groups is 1. The van der Waals surface area contributed by atoms with Gasteiger partial charge in [-0.25, -0.2) is 4.90 Å². The van der Waals surface area contributed by atoms with E-state index in [2.05, 4.69) is 10.2 Å². The molecule has 0 saturated carbocycles. The first-order chi connectivity index (χ1) is 19.0. The first-order valence-corrected chi connectivity index (χ1v) is 14.3. The highest BCUT2D eigenvalue weighted by Crippen LogP contribution is 2.40. The molecule has 2 aliphatic heterocycles. The number of hydrogen-bond acceptors (Lipinski definition) is 9. The molecule has 1 saturated heterocycles. The molecule has 1 fully saturated rings. The maximum Gasteiger partial charge on any atom is 0.266 e. The molecule has 2 aliphatic rings. The van der Waals surface area contributed by atoms with Crippen LogP contribution in [0.15, 0.2) is 77.1 Å². The highest BCUT2D eigenvalue weighted by molar-refractivity contribution is 8.01. The van der Waals surface area contributed by atoms with Crippen molar-refractivity contribution in [2.24, 2.45) is 0 Å². The van der Waals surface area contributed by atoms with E-state index >= 15 is 0 Å². The van der Waals surface area contributed by atoms with Crippen molar-refractivity contribution in [3.63, 3.8) is 0 Å². The zero-order valence-electron chi connectivity index (χ0n) is 21.0. The largest absolute Gasteiger partial charge is 0.392 e. The van der Waals surface area contributed by atoms with Crippen LogP contribution in [0.1, 0.15) is 61.2 Å². The van der Waals surface area contributed by atoms with Gasteiger partial charge in [-0.1, -0.05) is 71.6 Å². The van der Waals surface area contributed by atoms with Crippen LogP contribution in [0.4, 0.5) is 5.69 Å². The summed E-state index contributed by atoms with van der Waals surface area (Å²) in [6, 6.07) is 21.7. The van der Waals surface area contributed by atoms with Gasteiger partial charge in [0.25, 0.3) is 11.8 Å². The summed E-state index contributed by atoms with van der Waals surface area (Å²) in [5.74, 6) is 0.0279. The van der Waals surface area contributed by atoms with Gasteiger partial charge in [0.15, 0.2) is 10.6 Å². The second-order valence-corrected chi connectivity index (χ2v) is 11.8. The average Bonchev–Trinajstić information content (AvgIpc) is 3.51. The Hall–Kier alpha value is -3.41. The van der Waals surface area contributed by atoms with Crippen LogP contribution in [0.25, 0.3) is 0 Å². The zero-order valence-corrected chi connectivity index (χ0v) is 22.7. The van der Waals surface area contributed by atoms with E-state index in [9.17, 15) is 14.7 Å². The number of aromatic nitrogens is 2. The Labute approximate surface area is 233 Å². The van der Waals surface area contributed by atoms with E-state index in [0.29, 0.717) is 29.0 Å². The Balaban J connectivity index is 1.23. The fourth-order valence-corrected chi connectivity index (χ4v) is 6.59. The number of anilines is 1. The number of amides is 2. The third-order valence-corrected chi connectivity index (χ3v) is 8.84. The third-order valence-electron chi connectivity index (χ3n) is 6.73. The van der Waals surface area contributed by atoms with Gasteiger partial charge in [0.1, 0.15) is 5.01 Å². The van der Waals surface area contributed by atoms with E-state index < -0.39 is 6.29 Å². The Morgan fingerprint density at radius 2 is 1.59 bits per heavy atom. The molecular formula is C29H25N3O5S2. The summed E-state index contributed by atoms with van der Waals surface area (Å²) in [6.07, 6.45) is -0.308. The van der Waals surface area contributed by atoms with Crippen LogP contribution in [0.5, 0.6) is 0 Å². The lowest BCUT2D eigenvalue weighted by Crippen LogP contribution is -2.31. The molecule has 1 N–H and O–H groups in total. The van der Waals surface area contributed by atoms with Gasteiger partial charge in [-0.3, -0.25) is 9.59 Å². The number of aryl methyl sites for hydroxylation is 1. The Morgan fingerprint density at radius 3 is 2.21 bits per heavy atom. The quantitative estimate of drug-likeness (QED) is 0.235. The molecule has 0 radical (unpaired) electrons. The van der Waals surface area contributed by atoms with E-state index in [1.807, 2.05) is 43.3 Å². The van der Waals surface area contributed by atoms with Crippen molar-refractivity contribution in [2.75, 3.05) is 10.7 Å². The normalized spacial score (nSPS) is 20.9. The topological polar surface area (TPSA) is 102 Å². The lowest BCUT2D eigenvalue weighted by atomic mass is 10.0. The molecule has 3 atom stereocenters. The number of carbonyl (C=O) groups is 2. The highest BCUT2D eigenvalue weighted by Gasteiger charge is 2.37. The van der Waals surface area contributed by atoms with Gasteiger partial charge >= 0.3 is 0 Å². The van der Waals surface area contributed by atoms with Crippen molar-refractivity contribution in [1.82, 2.24) is 10.2 Å². The Bertz CT molecular complexity index is 1470. The molecule has 10 heteroatoms. The molecule has 0 spiro atoms. The van der Waals surface area contributed by atoms with E-state index in [1.165, 1.54) is 4.90 Å². The van der Waals surface area contributed by atoms with Crippen LogP contribution in [0.2, 0.25) is 0 Å². The molecule has 0 unspecified atom stereocenters. The minimum Gasteiger partial charge on any atom is -0.392 e. The summed E-state index contributed by atoms with van der Waals surface area (Å²) in [5, 5.41) is 18.7. The van der Waals surface area contributed by atoms with Crippen LogP contribution < -0.4 is 4.90 Å². The molecule has 8 nitrogen and oxygen atoms in total. The molecule has 198 valence electrons. The van der Waals surface area contributed by atoms with Crippen molar-refractivity contribution in [1.29, 1.82) is 0 Å². The smallest absolute Gasteiger partial charge is 0.266 e. The van der Waals surface area contributed by atoms with Gasteiger partial charge < -0.3 is 14.6 Å². The lowest BCUT2D eigenvalue weighted by Gasteiger charge is -2.36. The molecular weight excluding hydrogens is 534 g/mol. The molecule has 2 amide bonds. The van der Waals surface area contributed by atoms with E-state index in [1.54, 1.807) is 59.5 Å². The summed E-state index contributed by atoms with van der Waals surface area (Å²) in [4.78, 5) is 27.0. The highest BCUT2D eigenvalue weighted by atomic mass is 32.2. The van der Waals surface area contributed by atoms with Crippen LogP contribution in [-0.4, -0.2) is 39.0 Å². The molecule has 6 rings (SSSR count). The van der Waals surface area contributed by atoms with E-state index in [-0.39, 0.29) is 30.6 Å². The molecule has 1 aromatic heterocycles. The first-order valence-electron chi connectivity index (χ1n) is 12.5. The number of fused-ring (bicyclic) bond motifs is 1. The first kappa shape index (κ1) is 25.8. The lowest BCUT2D eigenvalue weighted by molar-refractivity contribution is -0.245. The number of aliphatic hydroxyl groups is 1. The SMILES string of the molecule is Cc1nnc(SC[C@@H]2C[C@H](c3ccc(CO)cc3)O[C@H](c3ccc(N4C(=O)c5ccccc5C4=O)cc3)O2)s1. The maximum absolute atomic E-state index is 12.9. The van der Waals surface area contributed by atoms with Crippen LogP contribution in [-0.2, 0) is 16.1 Å². The van der Waals surface area contributed by atoms with Gasteiger partial charge in [-0.2, -0.15) is 0 Å². The Morgan fingerprint density at radius 1 is 0.923 bits per heavy atom. The molecule has 39 heavy (non-hydrogen) atoms. The van der Waals surface area contributed by atoms with Crippen molar-refractivity contribution in [2.45, 2.75) is 42.8 Å². The summed E-state index contributed by atoms with van der Waals surface area (Å²) in [7, 11) is 0. The van der Waals surface area contributed by atoms with Crippen molar-refractivity contribution in [3.8, 4) is 0 Å². The molecule has 0 aliphatic carbocycles. The number of hydrogen-bond donors (Lipinski definition) is 1. The fourth-order valence-electron chi connectivity index (χ4n) is 4.73. The van der Waals surface area contributed by atoms with Crippen LogP contribution in [0.3, 0.4) is 0 Å². The van der Waals surface area contributed by atoms with Gasteiger partial charge in [-0.05, 0) is 42.3 Å². The van der Waals surface area contributed by atoms with Gasteiger partial charge in [0.2, 0.25) is 0 Å². The second-order valence-electron chi connectivity index (χ2n) is 9.33. The molecule has 0 bridgehead atoms. The maximum atomic E-state index is 12.9. The van der Waals surface area contributed by atoms with Gasteiger partial charge in [-0.15, -0.1) is 10.2 Å². The number of ether oxygens (including phenoxy) is 2. The molecule has 3 aromatic carbocycles. The number of aliphatic hydroxyl groups excluding tert-OH is 1. The third kappa shape index (κ3) is 5.26. The summed E-state index contributed by atoms with van der Waals surface area (Å²) < 4.78 is 13.7. The standard InChI is InChI=1S/C29H25N3O5S2/c1-17-30-31-29(39-17)38-16-22-14-25(19-8-6-18(15-33)7-9-19)37-28(36-22)20-10-12-21(13-11-20)32-26(34)23-4-2-3-5-24(23)27(32)35/h2-13,22,25,28,33H,14-16H2,1H3/t22-,25+,28+/m0/s1. The van der Waals surface area contributed by atoms with Crippen molar-refractivity contribution < 1.29 is 24.2 Å². The number of rotatable bonds is 7. The predicted molar refractivity (Wildman–Crippen MR) is 148 cm³/mol. The minimum absolute atomic E-state index is 0.0163. The number of thioether (sulfide) groups is 1. The van der Waals surface area contributed by atoms with E-state index in [4.69, 9.17) is 9.47 Å². The second kappa shape index (κ2) is 11.0. The molecule has 4 aromatic rings. The van der Waals surface area contributed by atoms with Crippen LogP contribution >= 0.6 is 23.1 Å². The summed E-state index contributed by atoms with van der Waals surface area (Å²) in [5.41, 5.74) is 3.94. The Kier molecular flexibility index (Phi) is 7.28. The molecule has 3 heterocycles. The van der Waals surface area contributed by atoms with Crippen molar-refractivity contribution >= 4 is 40.6 Å². The number of benzene rings is 3. The van der Waals surface area contributed by atoms with Gasteiger partial charge in [0, 0.05) is 17.7 Å². The number of carbonyl (C=O) groups excluding carboxylic acids is 2. The van der Waals surface area contributed by atoms with E-state index in [0.717, 1.165) is 26.0 Å². The van der Waals surface area contributed by atoms with Gasteiger partial charge in [0.05, 0.1) is 35.6 Å². The monoisotopic (exact) mass is 559 g/mol. The average molecular weight is 560 g/mol. The fraction of sp³-hybridized carbons (Fsp3) is 0.241. The minimum atomic E-state index is -0.640. The summed E-state index contributed by atoms with van der Waals surface area (Å²) in [6.45, 7) is 1.91. The number of nitrogens with zero attached hydrogens (tertiary/aromatic N) is 3.